The molecular weight excluding hydrogens is 362 g/mol. The zero-order valence-corrected chi connectivity index (χ0v) is 15.2. The minimum atomic E-state index is -0.387. The molecule has 3 rings (SSSR count). The molecule has 0 bridgehead atoms. The van der Waals surface area contributed by atoms with E-state index < -0.39 is 0 Å². The minimum absolute atomic E-state index is 0. The number of hydrogen-bond donors (Lipinski definition) is 2. The maximum atomic E-state index is 13.3. The first kappa shape index (κ1) is 19.7. The van der Waals surface area contributed by atoms with Gasteiger partial charge in [0.2, 0.25) is 5.91 Å². The third-order valence-corrected chi connectivity index (χ3v) is 4.76. The van der Waals surface area contributed by atoms with Crippen LogP contribution >= 0.6 is 24.0 Å². The molecule has 6 heteroatoms. The molecular formula is C19H21Cl2FN2O. The van der Waals surface area contributed by atoms with Gasteiger partial charge in [0.15, 0.2) is 0 Å². The fourth-order valence-corrected chi connectivity index (χ4v) is 3.29. The van der Waals surface area contributed by atoms with Gasteiger partial charge in [0.25, 0.3) is 0 Å². The molecule has 2 N–H and O–H groups in total. The first-order valence-electron chi connectivity index (χ1n) is 8.16. The summed E-state index contributed by atoms with van der Waals surface area (Å²) in [4.78, 5) is 12.7. The molecule has 134 valence electrons. The first-order valence-corrected chi connectivity index (χ1v) is 8.54. The van der Waals surface area contributed by atoms with E-state index in [4.69, 9.17) is 11.6 Å². The van der Waals surface area contributed by atoms with Crippen LogP contribution in [0.25, 0.3) is 0 Å². The summed E-state index contributed by atoms with van der Waals surface area (Å²) >= 11 is 6.33. The number of carbonyl (C=O) groups excluding carboxylic acids is 1. The summed E-state index contributed by atoms with van der Waals surface area (Å²) in [6.07, 6.45) is 1.65. The van der Waals surface area contributed by atoms with Crippen LogP contribution in [0.1, 0.15) is 30.0 Å². The van der Waals surface area contributed by atoms with Gasteiger partial charge in [-0.3, -0.25) is 4.79 Å². The van der Waals surface area contributed by atoms with E-state index in [0.717, 1.165) is 37.1 Å². The Bertz CT molecular complexity index is 703. The predicted molar refractivity (Wildman–Crippen MR) is 101 cm³/mol. The van der Waals surface area contributed by atoms with Crippen molar-refractivity contribution in [1.29, 1.82) is 0 Å². The number of hydrogen-bond acceptors (Lipinski definition) is 2. The molecule has 2 aromatic carbocycles. The van der Waals surface area contributed by atoms with Crippen LogP contribution in [0.2, 0.25) is 5.02 Å². The lowest BCUT2D eigenvalue weighted by Crippen LogP contribution is -2.40. The van der Waals surface area contributed by atoms with E-state index >= 15 is 0 Å². The highest BCUT2D eigenvalue weighted by Gasteiger charge is 2.25. The van der Waals surface area contributed by atoms with Crippen LogP contribution in [0.3, 0.4) is 0 Å². The topological polar surface area (TPSA) is 41.1 Å². The molecule has 0 saturated carbocycles. The van der Waals surface area contributed by atoms with Crippen LogP contribution in [0.4, 0.5) is 4.39 Å². The number of benzene rings is 2. The molecule has 0 radical (unpaired) electrons. The second-order valence-electron chi connectivity index (χ2n) is 6.04. The zero-order chi connectivity index (χ0) is 16.9. The second-order valence-corrected chi connectivity index (χ2v) is 6.45. The summed E-state index contributed by atoms with van der Waals surface area (Å²) < 4.78 is 13.3. The highest BCUT2D eigenvalue weighted by Crippen LogP contribution is 2.29. The maximum absolute atomic E-state index is 13.3. The molecule has 2 aromatic rings. The number of rotatable bonds is 4. The standard InChI is InChI=1S/C19H20ClFN2O.ClH/c20-17-4-2-1-3-16(17)18(13-5-7-15(21)8-6-13)23-19(24)14-9-11-22-12-10-14;/h1-8,14,18,22H,9-12H2,(H,23,24);1H. The molecule has 1 atom stereocenters. The van der Waals surface area contributed by atoms with Crippen LogP contribution in [0.5, 0.6) is 0 Å². The summed E-state index contributed by atoms with van der Waals surface area (Å²) in [5, 5.41) is 6.95. The third kappa shape index (κ3) is 4.94. The lowest BCUT2D eigenvalue weighted by molar-refractivity contribution is -0.126. The average Bonchev–Trinajstić information content (AvgIpc) is 2.62. The van der Waals surface area contributed by atoms with Gasteiger partial charge in [0, 0.05) is 10.9 Å². The van der Waals surface area contributed by atoms with Crippen molar-refractivity contribution in [3.8, 4) is 0 Å². The molecule has 3 nitrogen and oxygen atoms in total. The Morgan fingerprint density at radius 3 is 2.40 bits per heavy atom. The van der Waals surface area contributed by atoms with Gasteiger partial charge in [-0.2, -0.15) is 0 Å². The van der Waals surface area contributed by atoms with Crippen molar-refractivity contribution >= 4 is 29.9 Å². The Morgan fingerprint density at radius 1 is 1.12 bits per heavy atom. The normalized spacial score (nSPS) is 15.9. The van der Waals surface area contributed by atoms with Crippen LogP contribution in [-0.2, 0) is 4.79 Å². The van der Waals surface area contributed by atoms with Crippen LogP contribution < -0.4 is 10.6 Å². The van der Waals surface area contributed by atoms with Crippen molar-refractivity contribution < 1.29 is 9.18 Å². The molecule has 1 unspecified atom stereocenters. The summed E-state index contributed by atoms with van der Waals surface area (Å²) in [5.41, 5.74) is 1.62. The van der Waals surface area contributed by atoms with E-state index in [-0.39, 0.29) is 36.1 Å². The molecule has 0 aromatic heterocycles. The van der Waals surface area contributed by atoms with Crippen molar-refractivity contribution in [3.05, 3.63) is 70.5 Å². The number of piperidine rings is 1. The Hall–Kier alpha value is -1.62. The molecule has 1 amide bonds. The van der Waals surface area contributed by atoms with Gasteiger partial charge in [-0.25, -0.2) is 4.39 Å². The van der Waals surface area contributed by atoms with Gasteiger partial charge in [0.05, 0.1) is 6.04 Å². The van der Waals surface area contributed by atoms with Gasteiger partial charge in [-0.1, -0.05) is 41.9 Å². The van der Waals surface area contributed by atoms with E-state index in [1.165, 1.54) is 12.1 Å². The fraction of sp³-hybridized carbons (Fsp3) is 0.316. The quantitative estimate of drug-likeness (QED) is 0.835. The van der Waals surface area contributed by atoms with Gasteiger partial charge < -0.3 is 10.6 Å². The largest absolute Gasteiger partial charge is 0.345 e. The predicted octanol–water partition coefficient (Wildman–Crippen LogP) is 4.11. The van der Waals surface area contributed by atoms with Gasteiger partial charge in [-0.05, 0) is 55.3 Å². The van der Waals surface area contributed by atoms with Crippen molar-refractivity contribution in [2.45, 2.75) is 18.9 Å². The highest BCUT2D eigenvalue weighted by atomic mass is 35.5. The molecule has 25 heavy (non-hydrogen) atoms. The molecule has 0 spiro atoms. The number of amides is 1. The fourth-order valence-electron chi connectivity index (χ4n) is 3.05. The summed E-state index contributed by atoms with van der Waals surface area (Å²) in [6.45, 7) is 1.71. The lowest BCUT2D eigenvalue weighted by Gasteiger charge is -2.26. The first-order chi connectivity index (χ1) is 11.6. The smallest absolute Gasteiger partial charge is 0.223 e. The van der Waals surface area contributed by atoms with Crippen LogP contribution in [0, 0.1) is 11.7 Å². The monoisotopic (exact) mass is 382 g/mol. The third-order valence-electron chi connectivity index (χ3n) is 4.42. The Labute approximate surface area is 158 Å². The van der Waals surface area contributed by atoms with Crippen molar-refractivity contribution in [2.75, 3.05) is 13.1 Å². The van der Waals surface area contributed by atoms with Crippen molar-refractivity contribution in [2.24, 2.45) is 5.92 Å². The van der Waals surface area contributed by atoms with Crippen molar-refractivity contribution in [3.63, 3.8) is 0 Å². The minimum Gasteiger partial charge on any atom is -0.345 e. The van der Waals surface area contributed by atoms with E-state index in [9.17, 15) is 9.18 Å². The van der Waals surface area contributed by atoms with Gasteiger partial charge >= 0.3 is 0 Å². The van der Waals surface area contributed by atoms with E-state index in [0.29, 0.717) is 5.02 Å². The zero-order valence-electron chi connectivity index (χ0n) is 13.7. The van der Waals surface area contributed by atoms with E-state index in [1.807, 2.05) is 18.2 Å². The van der Waals surface area contributed by atoms with Gasteiger partial charge in [-0.15, -0.1) is 12.4 Å². The molecule has 1 aliphatic rings. The maximum Gasteiger partial charge on any atom is 0.223 e. The highest BCUT2D eigenvalue weighted by molar-refractivity contribution is 6.31. The number of halogens is 3. The Morgan fingerprint density at radius 2 is 1.76 bits per heavy atom. The Balaban J connectivity index is 0.00000225. The van der Waals surface area contributed by atoms with E-state index in [1.54, 1.807) is 18.2 Å². The number of nitrogens with one attached hydrogen (secondary N) is 2. The molecule has 0 aliphatic carbocycles. The summed E-state index contributed by atoms with van der Waals surface area (Å²) in [6, 6.07) is 13.2. The van der Waals surface area contributed by atoms with Crippen molar-refractivity contribution in [1.82, 2.24) is 10.6 Å². The Kier molecular flexibility index (Phi) is 7.24. The lowest BCUT2D eigenvalue weighted by atomic mass is 9.94. The molecule has 1 saturated heterocycles. The summed E-state index contributed by atoms with van der Waals surface area (Å²) in [5.74, 6) is -0.288. The number of carbonyl (C=O) groups is 1. The SMILES string of the molecule is Cl.O=C(NC(c1ccc(F)cc1)c1ccccc1Cl)C1CCNCC1. The van der Waals surface area contributed by atoms with Gasteiger partial charge in [0.1, 0.15) is 5.82 Å². The molecule has 1 fully saturated rings. The average molecular weight is 383 g/mol. The molecule has 1 aliphatic heterocycles. The van der Waals surface area contributed by atoms with E-state index in [2.05, 4.69) is 10.6 Å². The van der Waals surface area contributed by atoms with Crippen LogP contribution in [0.15, 0.2) is 48.5 Å². The summed E-state index contributed by atoms with van der Waals surface area (Å²) in [7, 11) is 0. The second kappa shape index (κ2) is 9.18. The molecule has 1 heterocycles. The van der Waals surface area contributed by atoms with Crippen LogP contribution in [-0.4, -0.2) is 19.0 Å².